The van der Waals surface area contributed by atoms with Gasteiger partial charge >= 0.3 is 0 Å². The van der Waals surface area contributed by atoms with Crippen molar-refractivity contribution in [2.75, 3.05) is 20.1 Å². The summed E-state index contributed by atoms with van der Waals surface area (Å²) < 4.78 is 0. The van der Waals surface area contributed by atoms with Gasteiger partial charge in [-0.05, 0) is 40.2 Å². The molecule has 0 radical (unpaired) electrons. The summed E-state index contributed by atoms with van der Waals surface area (Å²) in [6.07, 6.45) is 3.43. The third kappa shape index (κ3) is 2.72. The van der Waals surface area contributed by atoms with Gasteiger partial charge in [-0.1, -0.05) is 0 Å². The number of hydrogen-bond donors (Lipinski definition) is 1. The van der Waals surface area contributed by atoms with Crippen molar-refractivity contribution in [3.05, 3.63) is 15.6 Å². The Kier molecular flexibility index (Phi) is 4.35. The first-order chi connectivity index (χ1) is 8.63. The molecule has 0 bridgehead atoms. The van der Waals surface area contributed by atoms with Crippen LogP contribution < -0.4 is 5.32 Å². The first-order valence-electron chi connectivity index (χ1n) is 6.53. The molecule has 0 aliphatic carbocycles. The van der Waals surface area contributed by atoms with E-state index < -0.39 is 0 Å². The van der Waals surface area contributed by atoms with E-state index in [2.05, 4.69) is 10.3 Å². The highest BCUT2D eigenvalue weighted by Crippen LogP contribution is 2.24. The van der Waals surface area contributed by atoms with Crippen LogP contribution in [0.2, 0.25) is 0 Å². The molecule has 1 fully saturated rings. The summed E-state index contributed by atoms with van der Waals surface area (Å²) in [6.45, 7) is 5.63. The number of hydrogen-bond acceptors (Lipinski definition) is 4. The summed E-state index contributed by atoms with van der Waals surface area (Å²) in [5.41, 5.74) is 0.872. The number of amides is 1. The molecule has 0 spiro atoms. The van der Waals surface area contributed by atoms with Crippen LogP contribution in [0, 0.1) is 13.8 Å². The summed E-state index contributed by atoms with van der Waals surface area (Å²) in [4.78, 5) is 19.8. The Hall–Kier alpha value is -0.940. The van der Waals surface area contributed by atoms with Crippen LogP contribution in [0.4, 0.5) is 0 Å². The Morgan fingerprint density at radius 3 is 2.89 bits per heavy atom. The highest BCUT2D eigenvalue weighted by Gasteiger charge is 2.29. The Bertz CT molecular complexity index is 428. The number of aromatic nitrogens is 1. The van der Waals surface area contributed by atoms with Gasteiger partial charge in [-0.2, -0.15) is 0 Å². The minimum Gasteiger partial charge on any atom is -0.334 e. The Morgan fingerprint density at radius 1 is 1.50 bits per heavy atom. The summed E-state index contributed by atoms with van der Waals surface area (Å²) >= 11 is 1.51. The highest BCUT2D eigenvalue weighted by molar-refractivity contribution is 7.13. The first-order valence-corrected chi connectivity index (χ1v) is 7.34. The molecular formula is C13H21N3OS. The summed E-state index contributed by atoms with van der Waals surface area (Å²) in [6, 6.07) is 0.332. The lowest BCUT2D eigenvalue weighted by Gasteiger charge is -2.35. The van der Waals surface area contributed by atoms with E-state index in [1.165, 1.54) is 17.8 Å². The average Bonchev–Trinajstić information content (AvgIpc) is 2.69. The smallest absolute Gasteiger partial charge is 0.266 e. The van der Waals surface area contributed by atoms with Crippen LogP contribution in [0.25, 0.3) is 0 Å². The largest absolute Gasteiger partial charge is 0.334 e. The fourth-order valence-electron chi connectivity index (χ4n) is 2.58. The molecule has 0 aromatic carbocycles. The minimum atomic E-state index is 0.165. The van der Waals surface area contributed by atoms with Gasteiger partial charge < -0.3 is 10.2 Å². The van der Waals surface area contributed by atoms with E-state index in [9.17, 15) is 4.79 Å². The van der Waals surface area contributed by atoms with Gasteiger partial charge in [-0.25, -0.2) is 4.98 Å². The van der Waals surface area contributed by atoms with Crippen molar-refractivity contribution < 1.29 is 4.79 Å². The molecular weight excluding hydrogens is 246 g/mol. The highest BCUT2D eigenvalue weighted by atomic mass is 32.1. The number of nitrogens with one attached hydrogen (secondary N) is 1. The minimum absolute atomic E-state index is 0.165. The molecule has 1 aromatic heterocycles. The van der Waals surface area contributed by atoms with Crippen LogP contribution in [-0.2, 0) is 0 Å². The molecule has 0 saturated carbocycles. The van der Waals surface area contributed by atoms with Gasteiger partial charge in [0.15, 0.2) is 0 Å². The second-order valence-corrected chi connectivity index (χ2v) is 6.06. The van der Waals surface area contributed by atoms with E-state index in [0.717, 1.165) is 41.5 Å². The number of carbonyl (C=O) groups excluding carboxylic acids is 1. The van der Waals surface area contributed by atoms with E-state index in [1.54, 1.807) is 0 Å². The van der Waals surface area contributed by atoms with E-state index in [-0.39, 0.29) is 5.91 Å². The van der Waals surface area contributed by atoms with Crippen molar-refractivity contribution in [3.8, 4) is 0 Å². The second kappa shape index (κ2) is 5.80. The Morgan fingerprint density at radius 2 is 2.28 bits per heavy atom. The average molecular weight is 267 g/mol. The van der Waals surface area contributed by atoms with Gasteiger partial charge in [0.2, 0.25) is 0 Å². The standard InChI is InChI=1S/C13H21N3OS/c1-9-12(18-10(2)15-9)13(17)16-7-5-4-6-11(16)8-14-3/h11,14H,4-8H2,1-3H3. The van der Waals surface area contributed by atoms with E-state index in [4.69, 9.17) is 0 Å². The monoisotopic (exact) mass is 267 g/mol. The third-order valence-electron chi connectivity index (χ3n) is 3.43. The zero-order valence-electron chi connectivity index (χ0n) is 11.3. The van der Waals surface area contributed by atoms with Gasteiger partial charge in [0.25, 0.3) is 5.91 Å². The zero-order valence-corrected chi connectivity index (χ0v) is 12.1. The number of carbonyl (C=O) groups is 1. The number of likely N-dealkylation sites (tertiary alicyclic amines) is 1. The summed E-state index contributed by atoms with van der Waals surface area (Å²) in [7, 11) is 1.94. The van der Waals surface area contributed by atoms with E-state index >= 15 is 0 Å². The number of aryl methyl sites for hydroxylation is 2. The third-order valence-corrected chi connectivity index (χ3v) is 4.49. The Balaban J connectivity index is 2.18. The van der Waals surface area contributed by atoms with Crippen molar-refractivity contribution in [2.45, 2.75) is 39.2 Å². The normalized spacial score (nSPS) is 20.2. The number of piperidine rings is 1. The first kappa shape index (κ1) is 13.5. The van der Waals surface area contributed by atoms with Crippen LogP contribution in [0.15, 0.2) is 0 Å². The zero-order chi connectivity index (χ0) is 13.1. The molecule has 2 rings (SSSR count). The number of rotatable bonds is 3. The Labute approximate surface area is 112 Å². The maximum Gasteiger partial charge on any atom is 0.266 e. The van der Waals surface area contributed by atoms with Crippen LogP contribution in [0.5, 0.6) is 0 Å². The van der Waals surface area contributed by atoms with Gasteiger partial charge in [0.05, 0.1) is 10.7 Å². The van der Waals surface area contributed by atoms with E-state index in [0.29, 0.717) is 6.04 Å². The molecule has 1 aliphatic heterocycles. The lowest BCUT2D eigenvalue weighted by Crippen LogP contribution is -2.48. The lowest BCUT2D eigenvalue weighted by molar-refractivity contribution is 0.0619. The molecule has 100 valence electrons. The van der Waals surface area contributed by atoms with Crippen molar-refractivity contribution >= 4 is 17.2 Å². The van der Waals surface area contributed by atoms with Crippen LogP contribution in [-0.4, -0.2) is 42.0 Å². The second-order valence-electron chi connectivity index (χ2n) is 4.85. The molecule has 2 heterocycles. The molecule has 1 aromatic rings. The maximum atomic E-state index is 12.6. The van der Waals surface area contributed by atoms with Crippen LogP contribution in [0.1, 0.15) is 39.6 Å². The summed E-state index contributed by atoms with van der Waals surface area (Å²) in [5.74, 6) is 0.165. The molecule has 1 amide bonds. The van der Waals surface area contributed by atoms with Gasteiger partial charge in [-0.3, -0.25) is 4.79 Å². The molecule has 1 N–H and O–H groups in total. The molecule has 18 heavy (non-hydrogen) atoms. The van der Waals surface area contributed by atoms with Gasteiger partial charge in [0, 0.05) is 19.1 Å². The summed E-state index contributed by atoms with van der Waals surface area (Å²) in [5, 5.41) is 4.16. The van der Waals surface area contributed by atoms with Crippen molar-refractivity contribution in [1.82, 2.24) is 15.2 Å². The fourth-order valence-corrected chi connectivity index (χ4v) is 3.45. The lowest BCUT2D eigenvalue weighted by atomic mass is 10.0. The van der Waals surface area contributed by atoms with Crippen LogP contribution >= 0.6 is 11.3 Å². The number of likely N-dealkylation sites (N-methyl/N-ethyl adjacent to an activating group) is 1. The predicted octanol–water partition coefficient (Wildman–Crippen LogP) is 1.97. The molecule has 1 unspecified atom stereocenters. The van der Waals surface area contributed by atoms with Crippen LogP contribution in [0.3, 0.4) is 0 Å². The quantitative estimate of drug-likeness (QED) is 0.911. The number of nitrogens with zero attached hydrogens (tertiary/aromatic N) is 2. The molecule has 5 heteroatoms. The molecule has 4 nitrogen and oxygen atoms in total. The fraction of sp³-hybridized carbons (Fsp3) is 0.692. The molecule has 1 saturated heterocycles. The number of thiazole rings is 1. The van der Waals surface area contributed by atoms with Gasteiger partial charge in [0.1, 0.15) is 4.88 Å². The SMILES string of the molecule is CNCC1CCCCN1C(=O)c1sc(C)nc1C. The molecule has 1 aliphatic rings. The topological polar surface area (TPSA) is 45.2 Å². The van der Waals surface area contributed by atoms with Gasteiger partial charge in [-0.15, -0.1) is 11.3 Å². The maximum absolute atomic E-state index is 12.6. The van der Waals surface area contributed by atoms with Crippen molar-refractivity contribution in [3.63, 3.8) is 0 Å². The molecule has 1 atom stereocenters. The predicted molar refractivity (Wildman–Crippen MR) is 74.2 cm³/mol. The van der Waals surface area contributed by atoms with Crippen molar-refractivity contribution in [2.24, 2.45) is 0 Å². The van der Waals surface area contributed by atoms with E-state index in [1.807, 2.05) is 25.8 Å². The van der Waals surface area contributed by atoms with Crippen molar-refractivity contribution in [1.29, 1.82) is 0 Å².